The zero-order valence-corrected chi connectivity index (χ0v) is 12.7. The Bertz CT molecular complexity index is 827. The Balaban J connectivity index is 2.06. The van der Waals surface area contributed by atoms with Crippen LogP contribution in [-0.2, 0) is 13.0 Å². The number of hydrogen-bond acceptors (Lipinski definition) is 3. The molecule has 0 radical (unpaired) electrons. The fourth-order valence-electron chi connectivity index (χ4n) is 2.55. The maximum absolute atomic E-state index is 12.3. The lowest BCUT2D eigenvalue weighted by atomic mass is 10.0. The van der Waals surface area contributed by atoms with E-state index in [0.29, 0.717) is 13.0 Å². The highest BCUT2D eigenvalue weighted by Gasteiger charge is 2.11. The van der Waals surface area contributed by atoms with E-state index in [2.05, 4.69) is 5.10 Å². The van der Waals surface area contributed by atoms with Crippen molar-refractivity contribution in [3.8, 4) is 11.3 Å². The van der Waals surface area contributed by atoms with Crippen LogP contribution in [-0.4, -0.2) is 21.5 Å². The third kappa shape index (κ3) is 3.55. The molecule has 116 valence electrons. The van der Waals surface area contributed by atoms with E-state index in [4.69, 9.17) is 0 Å². The van der Waals surface area contributed by atoms with Crippen LogP contribution >= 0.6 is 0 Å². The largest absolute Gasteiger partial charge is 0.396 e. The summed E-state index contributed by atoms with van der Waals surface area (Å²) in [5.41, 5.74) is 3.33. The van der Waals surface area contributed by atoms with Gasteiger partial charge in [0.05, 0.1) is 12.2 Å². The lowest BCUT2D eigenvalue weighted by Crippen LogP contribution is -2.24. The Labute approximate surface area is 134 Å². The van der Waals surface area contributed by atoms with Crippen molar-refractivity contribution < 1.29 is 5.11 Å². The second-order valence-corrected chi connectivity index (χ2v) is 5.34. The number of nitrogens with zero attached hydrogens (tertiary/aromatic N) is 2. The monoisotopic (exact) mass is 306 g/mol. The smallest absolute Gasteiger partial charge is 0.267 e. The first-order valence-corrected chi connectivity index (χ1v) is 7.59. The number of rotatable bonds is 5. The van der Waals surface area contributed by atoms with Gasteiger partial charge in [-0.15, -0.1) is 0 Å². The van der Waals surface area contributed by atoms with Gasteiger partial charge in [-0.05, 0) is 17.5 Å². The number of aliphatic hydroxyl groups excluding tert-OH is 1. The van der Waals surface area contributed by atoms with Gasteiger partial charge in [0.1, 0.15) is 0 Å². The summed E-state index contributed by atoms with van der Waals surface area (Å²) < 4.78 is 1.47. The Morgan fingerprint density at radius 2 is 1.61 bits per heavy atom. The summed E-state index contributed by atoms with van der Waals surface area (Å²) in [5.74, 6) is 0. The van der Waals surface area contributed by atoms with Gasteiger partial charge in [-0.3, -0.25) is 4.79 Å². The van der Waals surface area contributed by atoms with Crippen LogP contribution in [0, 0.1) is 0 Å². The predicted octanol–water partition coefficient (Wildman–Crippen LogP) is 2.49. The van der Waals surface area contributed by atoms with Gasteiger partial charge in [-0.2, -0.15) is 5.10 Å². The quantitative estimate of drug-likeness (QED) is 0.788. The van der Waals surface area contributed by atoms with Gasteiger partial charge in [-0.25, -0.2) is 4.68 Å². The molecule has 3 rings (SSSR count). The first-order chi connectivity index (χ1) is 11.3. The van der Waals surface area contributed by atoms with E-state index in [1.165, 1.54) is 4.68 Å². The topological polar surface area (TPSA) is 55.1 Å². The van der Waals surface area contributed by atoms with Crippen LogP contribution < -0.4 is 5.56 Å². The minimum Gasteiger partial charge on any atom is -0.396 e. The van der Waals surface area contributed by atoms with Gasteiger partial charge in [0, 0.05) is 18.2 Å². The van der Waals surface area contributed by atoms with Crippen molar-refractivity contribution in [3.05, 3.63) is 88.2 Å². The van der Waals surface area contributed by atoms with Crippen LogP contribution in [0.2, 0.25) is 0 Å². The van der Waals surface area contributed by atoms with Crippen molar-refractivity contribution in [2.75, 3.05) is 6.61 Å². The van der Waals surface area contributed by atoms with E-state index in [9.17, 15) is 9.90 Å². The van der Waals surface area contributed by atoms with Crippen LogP contribution in [0.15, 0.2) is 71.5 Å². The normalized spacial score (nSPS) is 10.7. The lowest BCUT2D eigenvalue weighted by Gasteiger charge is -2.12. The van der Waals surface area contributed by atoms with Gasteiger partial charge >= 0.3 is 0 Å². The molecule has 0 aliphatic heterocycles. The molecule has 1 aromatic heterocycles. The molecular formula is C19H18N2O2. The summed E-state index contributed by atoms with van der Waals surface area (Å²) in [4.78, 5) is 12.3. The average Bonchev–Trinajstić information content (AvgIpc) is 2.59. The second kappa shape index (κ2) is 7.03. The molecular weight excluding hydrogens is 288 g/mol. The molecule has 0 saturated heterocycles. The van der Waals surface area contributed by atoms with E-state index in [0.717, 1.165) is 22.4 Å². The summed E-state index contributed by atoms with van der Waals surface area (Å²) in [6.07, 6.45) is 0.415. The highest BCUT2D eigenvalue weighted by Crippen LogP contribution is 2.20. The molecule has 0 aliphatic rings. The molecule has 1 heterocycles. The highest BCUT2D eigenvalue weighted by molar-refractivity contribution is 5.62. The van der Waals surface area contributed by atoms with Crippen LogP contribution in [0.25, 0.3) is 11.3 Å². The van der Waals surface area contributed by atoms with E-state index in [1.807, 2.05) is 60.7 Å². The third-order valence-electron chi connectivity index (χ3n) is 3.68. The molecule has 3 aromatic rings. The molecule has 1 N–H and O–H groups in total. The maximum atomic E-state index is 12.3. The molecule has 0 saturated carbocycles. The molecule has 4 heteroatoms. The zero-order valence-electron chi connectivity index (χ0n) is 12.7. The minimum atomic E-state index is -0.156. The summed E-state index contributed by atoms with van der Waals surface area (Å²) >= 11 is 0. The fraction of sp³-hybridized carbons (Fsp3) is 0.158. The molecule has 4 nitrogen and oxygen atoms in total. The van der Waals surface area contributed by atoms with Crippen molar-refractivity contribution in [2.24, 2.45) is 0 Å². The lowest BCUT2D eigenvalue weighted by molar-refractivity contribution is 0.299. The second-order valence-electron chi connectivity index (χ2n) is 5.34. The third-order valence-corrected chi connectivity index (χ3v) is 3.68. The molecule has 0 aliphatic carbocycles. The highest BCUT2D eigenvalue weighted by atomic mass is 16.3. The first kappa shape index (κ1) is 15.2. The van der Waals surface area contributed by atoms with Crippen LogP contribution in [0.5, 0.6) is 0 Å². The van der Waals surface area contributed by atoms with Gasteiger partial charge < -0.3 is 5.11 Å². The predicted molar refractivity (Wildman–Crippen MR) is 90.3 cm³/mol. The van der Waals surface area contributed by atoms with E-state index in [1.54, 1.807) is 6.07 Å². The number of benzene rings is 2. The van der Waals surface area contributed by atoms with Crippen molar-refractivity contribution in [1.29, 1.82) is 0 Å². The SMILES string of the molecule is O=c1cc(CCO)c(-c2ccccc2)nn1Cc1ccccc1. The molecule has 0 spiro atoms. The Hall–Kier alpha value is -2.72. The van der Waals surface area contributed by atoms with Crippen LogP contribution in [0.3, 0.4) is 0 Å². The molecule has 2 aromatic carbocycles. The van der Waals surface area contributed by atoms with Crippen molar-refractivity contribution in [3.63, 3.8) is 0 Å². The maximum Gasteiger partial charge on any atom is 0.267 e. The van der Waals surface area contributed by atoms with Crippen molar-refractivity contribution in [1.82, 2.24) is 9.78 Å². The summed E-state index contributed by atoms with van der Waals surface area (Å²) in [6, 6.07) is 21.1. The number of hydrogen-bond donors (Lipinski definition) is 1. The van der Waals surface area contributed by atoms with Gasteiger partial charge in [-0.1, -0.05) is 60.7 Å². The summed E-state index contributed by atoms with van der Waals surface area (Å²) in [7, 11) is 0. The molecule has 0 unspecified atom stereocenters. The number of aromatic nitrogens is 2. The Kier molecular flexibility index (Phi) is 4.64. The van der Waals surface area contributed by atoms with Crippen molar-refractivity contribution in [2.45, 2.75) is 13.0 Å². The Morgan fingerprint density at radius 3 is 2.26 bits per heavy atom. The van der Waals surface area contributed by atoms with Gasteiger partial charge in [0.2, 0.25) is 0 Å². The molecule has 23 heavy (non-hydrogen) atoms. The van der Waals surface area contributed by atoms with Crippen LogP contribution in [0.1, 0.15) is 11.1 Å². The van der Waals surface area contributed by atoms with Crippen molar-refractivity contribution >= 4 is 0 Å². The van der Waals surface area contributed by atoms with Gasteiger partial charge in [0.25, 0.3) is 5.56 Å². The molecule has 0 bridgehead atoms. The standard InChI is InChI=1S/C19H18N2O2/c22-12-11-17-13-18(23)21(14-15-7-3-1-4-8-15)20-19(17)16-9-5-2-6-10-16/h1-10,13,22H,11-12,14H2. The average molecular weight is 306 g/mol. The molecule has 0 atom stereocenters. The van der Waals surface area contributed by atoms with Gasteiger partial charge in [0.15, 0.2) is 0 Å². The molecule has 0 amide bonds. The first-order valence-electron chi connectivity index (χ1n) is 7.59. The van der Waals surface area contributed by atoms with E-state index in [-0.39, 0.29) is 12.2 Å². The Morgan fingerprint density at radius 1 is 0.957 bits per heavy atom. The minimum absolute atomic E-state index is 0.0103. The summed E-state index contributed by atoms with van der Waals surface area (Å²) in [5, 5.41) is 13.8. The number of aliphatic hydroxyl groups is 1. The van der Waals surface area contributed by atoms with E-state index >= 15 is 0 Å². The van der Waals surface area contributed by atoms with Crippen LogP contribution in [0.4, 0.5) is 0 Å². The summed E-state index contributed by atoms with van der Waals surface area (Å²) in [6.45, 7) is 0.419. The fourth-order valence-corrected chi connectivity index (χ4v) is 2.55. The molecule has 0 fully saturated rings. The zero-order chi connectivity index (χ0) is 16.1. The van der Waals surface area contributed by atoms with E-state index < -0.39 is 0 Å².